The molecular formula is C28H26F5N5O3S. The van der Waals surface area contributed by atoms with E-state index >= 15 is 0 Å². The zero-order valence-electron chi connectivity index (χ0n) is 22.3. The zero-order valence-corrected chi connectivity index (χ0v) is 23.1. The third kappa shape index (κ3) is 6.93. The maximum atomic E-state index is 14.8. The van der Waals surface area contributed by atoms with Crippen LogP contribution in [0.3, 0.4) is 0 Å². The second-order valence-electron chi connectivity index (χ2n) is 10.0. The summed E-state index contributed by atoms with van der Waals surface area (Å²) < 4.78 is 97.9. The summed E-state index contributed by atoms with van der Waals surface area (Å²) >= 11 is 0. The number of aryl methyl sites for hydroxylation is 1. The fourth-order valence-corrected chi connectivity index (χ4v) is 6.18. The molecule has 0 unspecified atom stereocenters. The average Bonchev–Trinajstić information content (AvgIpc) is 2.91. The predicted molar refractivity (Wildman–Crippen MR) is 147 cm³/mol. The molecule has 0 bridgehead atoms. The number of fused-ring (bicyclic) bond motifs is 1. The number of sulfone groups is 1. The van der Waals surface area contributed by atoms with Crippen molar-refractivity contribution < 1.29 is 35.1 Å². The molecule has 2 aromatic carbocycles. The minimum atomic E-state index is -4.96. The summed E-state index contributed by atoms with van der Waals surface area (Å²) in [5.41, 5.74) is 1.12. The van der Waals surface area contributed by atoms with Gasteiger partial charge in [-0.1, -0.05) is 12.1 Å². The van der Waals surface area contributed by atoms with Crippen LogP contribution in [-0.4, -0.2) is 60.6 Å². The highest BCUT2D eigenvalue weighted by Gasteiger charge is 2.36. The number of benzene rings is 2. The Labute approximate surface area is 238 Å². The number of hydrogen-bond acceptors (Lipinski definition) is 8. The largest absolute Gasteiger partial charge is 0.437 e. The fourth-order valence-electron chi connectivity index (χ4n) is 4.85. The zero-order chi connectivity index (χ0) is 30.1. The molecule has 0 saturated carbocycles. The fraction of sp³-hybridized carbons (Fsp3) is 0.321. The molecular weight excluding hydrogens is 581 g/mol. The van der Waals surface area contributed by atoms with Crippen LogP contribution in [-0.2, 0) is 15.6 Å². The standard InChI is InChI=1S/C28H26F5N5O3S/c1-16-4-5-19-20(6-7-23(30)22(19)14-42(39,40)15-28(31,32)33)25(16)41-26-21(3-2-9-35-26)24-8-10-36-27(38-24)37-18-11-17(29)12-34-13-18/h2-10,17-18,34H,11-15H2,1H3,(H,36,37,38)/t17-,18-/m0/s1. The monoisotopic (exact) mass is 607 g/mol. The molecule has 1 saturated heterocycles. The van der Waals surface area contributed by atoms with Crippen molar-refractivity contribution in [1.82, 2.24) is 20.3 Å². The van der Waals surface area contributed by atoms with Crippen molar-refractivity contribution in [3.05, 3.63) is 71.8 Å². The van der Waals surface area contributed by atoms with Crippen LogP contribution in [0.25, 0.3) is 22.0 Å². The van der Waals surface area contributed by atoms with E-state index in [1.807, 2.05) is 0 Å². The molecule has 5 rings (SSSR count). The van der Waals surface area contributed by atoms with Gasteiger partial charge < -0.3 is 15.4 Å². The third-order valence-electron chi connectivity index (χ3n) is 6.68. The van der Waals surface area contributed by atoms with Gasteiger partial charge in [0, 0.05) is 48.9 Å². The number of pyridine rings is 1. The SMILES string of the molecule is Cc1ccc2c(CS(=O)(=O)CC(F)(F)F)c(F)ccc2c1Oc1ncccc1-c1ccnc(N[C@@H]2CNC[C@@H](F)C2)n1. The minimum Gasteiger partial charge on any atom is -0.437 e. The van der Waals surface area contributed by atoms with E-state index in [0.717, 1.165) is 6.07 Å². The van der Waals surface area contributed by atoms with Crippen molar-refractivity contribution >= 4 is 26.6 Å². The summed E-state index contributed by atoms with van der Waals surface area (Å²) in [4.78, 5) is 13.1. The van der Waals surface area contributed by atoms with Crippen molar-refractivity contribution in [3.8, 4) is 22.9 Å². The molecule has 8 nitrogen and oxygen atoms in total. The van der Waals surface area contributed by atoms with E-state index in [2.05, 4.69) is 25.6 Å². The predicted octanol–water partition coefficient (Wildman–Crippen LogP) is 5.52. The third-order valence-corrected chi connectivity index (χ3v) is 8.18. The Morgan fingerprint density at radius 3 is 2.60 bits per heavy atom. The van der Waals surface area contributed by atoms with E-state index in [1.54, 1.807) is 31.2 Å². The first-order valence-electron chi connectivity index (χ1n) is 12.9. The number of rotatable bonds is 8. The highest BCUT2D eigenvalue weighted by molar-refractivity contribution is 7.90. The Morgan fingerprint density at radius 1 is 1.05 bits per heavy atom. The van der Waals surface area contributed by atoms with E-state index < -0.39 is 39.5 Å². The van der Waals surface area contributed by atoms with Crippen molar-refractivity contribution in [2.45, 2.75) is 37.5 Å². The van der Waals surface area contributed by atoms with Crippen LogP contribution in [0.5, 0.6) is 11.6 Å². The number of nitrogens with zero attached hydrogens (tertiary/aromatic N) is 3. The number of anilines is 1. The van der Waals surface area contributed by atoms with Gasteiger partial charge in [0.25, 0.3) is 0 Å². The van der Waals surface area contributed by atoms with Crippen LogP contribution >= 0.6 is 0 Å². The van der Waals surface area contributed by atoms with Gasteiger partial charge in [0.05, 0.1) is 17.0 Å². The van der Waals surface area contributed by atoms with E-state index in [9.17, 15) is 30.4 Å². The lowest BCUT2D eigenvalue weighted by atomic mass is 10.0. The first kappa shape index (κ1) is 29.6. The molecule has 222 valence electrons. The molecule has 0 amide bonds. The number of nitrogens with one attached hydrogen (secondary N) is 2. The normalized spacial score (nSPS) is 17.8. The van der Waals surface area contributed by atoms with Gasteiger partial charge in [-0.15, -0.1) is 0 Å². The smallest absolute Gasteiger partial charge is 0.402 e. The molecule has 42 heavy (non-hydrogen) atoms. The molecule has 2 N–H and O–H groups in total. The van der Waals surface area contributed by atoms with E-state index in [0.29, 0.717) is 41.7 Å². The molecule has 0 spiro atoms. The second kappa shape index (κ2) is 11.8. The number of aromatic nitrogens is 3. The maximum absolute atomic E-state index is 14.8. The molecule has 14 heteroatoms. The average molecular weight is 608 g/mol. The molecule has 4 aromatic rings. The van der Waals surface area contributed by atoms with E-state index in [1.165, 1.54) is 24.5 Å². The minimum absolute atomic E-state index is 0.0969. The molecule has 0 aliphatic carbocycles. The van der Waals surface area contributed by atoms with Gasteiger partial charge in [-0.25, -0.2) is 32.2 Å². The van der Waals surface area contributed by atoms with Crippen LogP contribution in [0.1, 0.15) is 17.5 Å². The van der Waals surface area contributed by atoms with Crippen LogP contribution in [0, 0.1) is 12.7 Å². The molecule has 0 radical (unpaired) electrons. The number of ether oxygens (including phenoxy) is 1. The molecule has 2 atom stereocenters. The number of halogens is 5. The van der Waals surface area contributed by atoms with Crippen LogP contribution in [0.15, 0.2) is 54.9 Å². The molecule has 1 fully saturated rings. The van der Waals surface area contributed by atoms with Gasteiger partial charge >= 0.3 is 6.18 Å². The first-order valence-corrected chi connectivity index (χ1v) is 14.8. The van der Waals surface area contributed by atoms with Gasteiger partial charge in [-0.3, -0.25) is 0 Å². The number of hydrogen-bond donors (Lipinski definition) is 2. The van der Waals surface area contributed by atoms with E-state index in [4.69, 9.17) is 4.74 Å². The molecule has 1 aliphatic rings. The van der Waals surface area contributed by atoms with Gasteiger partial charge in [-0.05, 0) is 48.2 Å². The van der Waals surface area contributed by atoms with Gasteiger partial charge in [0.15, 0.2) is 9.84 Å². The van der Waals surface area contributed by atoms with Crippen molar-refractivity contribution in [3.63, 3.8) is 0 Å². The molecule has 1 aliphatic heterocycles. The summed E-state index contributed by atoms with van der Waals surface area (Å²) in [7, 11) is -4.71. The maximum Gasteiger partial charge on any atom is 0.402 e. The van der Waals surface area contributed by atoms with Crippen LogP contribution in [0.4, 0.5) is 27.9 Å². The summed E-state index contributed by atoms with van der Waals surface area (Å²) in [6.07, 6.45) is -2.62. The first-order chi connectivity index (χ1) is 19.9. The highest BCUT2D eigenvalue weighted by Crippen LogP contribution is 2.38. The summed E-state index contributed by atoms with van der Waals surface area (Å²) in [6, 6.07) is 10.2. The van der Waals surface area contributed by atoms with Crippen molar-refractivity contribution in [2.75, 3.05) is 24.2 Å². The Hall–Kier alpha value is -3.91. The summed E-state index contributed by atoms with van der Waals surface area (Å²) in [6.45, 7) is 2.56. The second-order valence-corrected chi connectivity index (χ2v) is 12.1. The van der Waals surface area contributed by atoms with Gasteiger partial charge in [0.2, 0.25) is 11.8 Å². The van der Waals surface area contributed by atoms with Crippen molar-refractivity contribution in [2.24, 2.45) is 0 Å². The lowest BCUT2D eigenvalue weighted by Gasteiger charge is -2.26. The molecule has 3 heterocycles. The summed E-state index contributed by atoms with van der Waals surface area (Å²) in [5.74, 6) is -3.53. The van der Waals surface area contributed by atoms with Crippen molar-refractivity contribution in [1.29, 1.82) is 0 Å². The topological polar surface area (TPSA) is 106 Å². The van der Waals surface area contributed by atoms with Crippen LogP contribution < -0.4 is 15.4 Å². The Balaban J connectivity index is 1.49. The van der Waals surface area contributed by atoms with Crippen LogP contribution in [0.2, 0.25) is 0 Å². The number of alkyl halides is 4. The molecule has 2 aromatic heterocycles. The number of piperidine rings is 1. The van der Waals surface area contributed by atoms with E-state index in [-0.39, 0.29) is 34.6 Å². The highest BCUT2D eigenvalue weighted by atomic mass is 32.2. The lowest BCUT2D eigenvalue weighted by molar-refractivity contribution is -0.106. The summed E-state index contributed by atoms with van der Waals surface area (Å²) in [5, 5.41) is 6.52. The Bertz CT molecular complexity index is 1720. The van der Waals surface area contributed by atoms with Gasteiger partial charge in [0.1, 0.15) is 23.5 Å². The lowest BCUT2D eigenvalue weighted by Crippen LogP contribution is -2.44. The quantitative estimate of drug-likeness (QED) is 0.252. The Kier molecular flexibility index (Phi) is 8.28. The Morgan fingerprint density at radius 2 is 1.83 bits per heavy atom. The van der Waals surface area contributed by atoms with Gasteiger partial charge in [-0.2, -0.15) is 13.2 Å².